The van der Waals surface area contributed by atoms with Crippen molar-refractivity contribution < 1.29 is 5.11 Å². The van der Waals surface area contributed by atoms with Crippen LogP contribution >= 0.6 is 0 Å². The minimum atomic E-state index is -0.105. The Morgan fingerprint density at radius 3 is 2.62 bits per heavy atom. The van der Waals surface area contributed by atoms with E-state index in [0.717, 1.165) is 18.8 Å². The first kappa shape index (κ1) is 6.09. The molecule has 1 N–H and O–H groups in total. The fraction of sp³-hybridized carbons (Fsp3) is 0.857. The molecule has 0 bridgehead atoms. The quantitative estimate of drug-likeness (QED) is 0.503. The number of hydrogen-bond acceptors (Lipinski definition) is 1. The van der Waals surface area contributed by atoms with E-state index < -0.39 is 0 Å². The normalized spacial score (nSPS) is 39.8. The highest BCUT2D eigenvalue weighted by atomic mass is 16.3. The molecule has 1 saturated carbocycles. The van der Waals surface area contributed by atoms with Crippen molar-refractivity contribution in [1.29, 1.82) is 0 Å². The maximum atomic E-state index is 8.97. The third kappa shape index (κ3) is 1.48. The van der Waals surface area contributed by atoms with Gasteiger partial charge in [-0.05, 0) is 31.6 Å². The maximum absolute atomic E-state index is 8.97. The lowest BCUT2D eigenvalue weighted by Gasteiger charge is -2.21. The van der Waals surface area contributed by atoms with E-state index in [4.69, 9.17) is 5.11 Å². The van der Waals surface area contributed by atoms with Crippen LogP contribution in [0, 0.1) is 12.3 Å². The van der Waals surface area contributed by atoms with Gasteiger partial charge in [0, 0.05) is 0 Å². The van der Waals surface area contributed by atoms with Crippen LogP contribution in [0.5, 0.6) is 0 Å². The molecule has 1 radical (unpaired) electrons. The van der Waals surface area contributed by atoms with Gasteiger partial charge in [-0.2, -0.15) is 0 Å². The van der Waals surface area contributed by atoms with Crippen LogP contribution in [0.2, 0.25) is 0 Å². The van der Waals surface area contributed by atoms with Crippen molar-refractivity contribution in [3.05, 3.63) is 6.42 Å². The molecule has 1 heteroatoms. The molecule has 0 amide bonds. The molecule has 8 heavy (non-hydrogen) atoms. The van der Waals surface area contributed by atoms with Crippen LogP contribution in [0.4, 0.5) is 0 Å². The summed E-state index contributed by atoms with van der Waals surface area (Å²) in [4.78, 5) is 0. The lowest BCUT2D eigenvalue weighted by molar-refractivity contribution is 0.158. The van der Waals surface area contributed by atoms with Gasteiger partial charge in [0.25, 0.3) is 0 Å². The fourth-order valence-corrected chi connectivity index (χ4v) is 1.08. The zero-order chi connectivity index (χ0) is 5.98. The maximum Gasteiger partial charge on any atom is 0.0572 e. The van der Waals surface area contributed by atoms with Crippen LogP contribution in [-0.2, 0) is 0 Å². The third-order valence-electron chi connectivity index (χ3n) is 1.77. The fourth-order valence-electron chi connectivity index (χ4n) is 1.08. The van der Waals surface area contributed by atoms with E-state index in [1.165, 1.54) is 6.42 Å². The average Bonchev–Trinajstić information content (AvgIpc) is 1.77. The predicted octanol–water partition coefficient (Wildman–Crippen LogP) is 1.37. The molecule has 0 aromatic carbocycles. The Labute approximate surface area is 50.7 Å². The highest BCUT2D eigenvalue weighted by Crippen LogP contribution is 2.21. The minimum Gasteiger partial charge on any atom is -0.393 e. The zero-order valence-electron chi connectivity index (χ0n) is 5.30. The molecule has 2 atom stereocenters. The monoisotopic (exact) mass is 113 g/mol. The molecule has 47 valence electrons. The number of aliphatic hydroxyl groups is 1. The summed E-state index contributed by atoms with van der Waals surface area (Å²) in [7, 11) is 0. The van der Waals surface area contributed by atoms with Gasteiger partial charge in [0.2, 0.25) is 0 Å². The SMILES string of the molecule is CC1C[CH]C(O)CC1. The molecule has 1 rings (SSSR count). The number of aliphatic hydroxyl groups excluding tert-OH is 1. The molecule has 1 aliphatic rings. The summed E-state index contributed by atoms with van der Waals surface area (Å²) in [6.45, 7) is 2.22. The second-order valence-corrected chi connectivity index (χ2v) is 2.72. The van der Waals surface area contributed by atoms with E-state index in [0.29, 0.717) is 0 Å². The van der Waals surface area contributed by atoms with Crippen LogP contribution in [-0.4, -0.2) is 11.2 Å². The van der Waals surface area contributed by atoms with Crippen molar-refractivity contribution in [2.75, 3.05) is 0 Å². The second-order valence-electron chi connectivity index (χ2n) is 2.72. The van der Waals surface area contributed by atoms with Gasteiger partial charge in [0.05, 0.1) is 6.10 Å². The van der Waals surface area contributed by atoms with E-state index in [1.54, 1.807) is 0 Å². The van der Waals surface area contributed by atoms with Gasteiger partial charge in [-0.25, -0.2) is 0 Å². The lowest BCUT2D eigenvalue weighted by Crippen LogP contribution is -2.16. The van der Waals surface area contributed by atoms with Crippen molar-refractivity contribution in [2.24, 2.45) is 5.92 Å². The standard InChI is InChI=1S/C7H13O/c1-6-2-4-7(8)5-3-6/h4,6-8H,2-3,5H2,1H3. The minimum absolute atomic E-state index is 0.105. The molecule has 0 aromatic rings. The summed E-state index contributed by atoms with van der Waals surface area (Å²) < 4.78 is 0. The topological polar surface area (TPSA) is 20.2 Å². The van der Waals surface area contributed by atoms with Crippen LogP contribution in [0.15, 0.2) is 0 Å². The molecular weight excluding hydrogens is 100 g/mol. The summed E-state index contributed by atoms with van der Waals surface area (Å²) in [5, 5.41) is 8.97. The highest BCUT2D eigenvalue weighted by Gasteiger charge is 2.14. The van der Waals surface area contributed by atoms with E-state index in [1.807, 2.05) is 6.42 Å². The molecule has 1 nitrogen and oxygen atoms in total. The van der Waals surface area contributed by atoms with Gasteiger partial charge in [-0.15, -0.1) is 0 Å². The van der Waals surface area contributed by atoms with Crippen molar-refractivity contribution in [2.45, 2.75) is 32.3 Å². The molecule has 0 spiro atoms. The summed E-state index contributed by atoms with van der Waals surface area (Å²) in [5.41, 5.74) is 0. The highest BCUT2D eigenvalue weighted by molar-refractivity contribution is 4.83. The van der Waals surface area contributed by atoms with Gasteiger partial charge < -0.3 is 5.11 Å². The Morgan fingerprint density at radius 2 is 2.25 bits per heavy atom. The Morgan fingerprint density at radius 1 is 1.50 bits per heavy atom. The van der Waals surface area contributed by atoms with Crippen molar-refractivity contribution in [3.8, 4) is 0 Å². The van der Waals surface area contributed by atoms with Crippen molar-refractivity contribution in [3.63, 3.8) is 0 Å². The van der Waals surface area contributed by atoms with Gasteiger partial charge in [-0.1, -0.05) is 6.92 Å². The molecule has 0 heterocycles. The van der Waals surface area contributed by atoms with E-state index in [-0.39, 0.29) is 6.10 Å². The first-order valence-corrected chi connectivity index (χ1v) is 3.30. The number of hydrogen-bond donors (Lipinski definition) is 1. The van der Waals surface area contributed by atoms with Crippen molar-refractivity contribution >= 4 is 0 Å². The molecule has 1 fully saturated rings. The van der Waals surface area contributed by atoms with Crippen LogP contribution < -0.4 is 0 Å². The largest absolute Gasteiger partial charge is 0.393 e. The van der Waals surface area contributed by atoms with E-state index in [9.17, 15) is 0 Å². The molecule has 0 aromatic heterocycles. The van der Waals surface area contributed by atoms with Crippen LogP contribution in [0.1, 0.15) is 26.2 Å². The summed E-state index contributed by atoms with van der Waals surface area (Å²) in [5.74, 6) is 0.804. The average molecular weight is 113 g/mol. The summed E-state index contributed by atoms with van der Waals surface area (Å²) in [6, 6.07) is 0. The Balaban J connectivity index is 2.19. The predicted molar refractivity (Wildman–Crippen MR) is 33.3 cm³/mol. The van der Waals surface area contributed by atoms with Crippen molar-refractivity contribution in [1.82, 2.24) is 0 Å². The van der Waals surface area contributed by atoms with Gasteiger partial charge in [-0.3, -0.25) is 0 Å². The van der Waals surface area contributed by atoms with E-state index in [2.05, 4.69) is 6.92 Å². The Bertz CT molecular complexity index is 52.8. The van der Waals surface area contributed by atoms with Gasteiger partial charge in [0.1, 0.15) is 0 Å². The molecular formula is C7H13O. The Kier molecular flexibility index (Phi) is 1.90. The first-order valence-electron chi connectivity index (χ1n) is 3.30. The van der Waals surface area contributed by atoms with Gasteiger partial charge >= 0.3 is 0 Å². The molecule has 1 aliphatic carbocycles. The molecule has 0 aliphatic heterocycles. The Hall–Kier alpha value is -0.0400. The van der Waals surface area contributed by atoms with E-state index >= 15 is 0 Å². The van der Waals surface area contributed by atoms with Crippen LogP contribution in [0.25, 0.3) is 0 Å². The molecule has 2 unspecified atom stereocenters. The summed E-state index contributed by atoms with van der Waals surface area (Å²) >= 11 is 0. The lowest BCUT2D eigenvalue weighted by atomic mass is 9.89. The first-order chi connectivity index (χ1) is 3.79. The zero-order valence-corrected chi connectivity index (χ0v) is 5.30. The number of rotatable bonds is 0. The van der Waals surface area contributed by atoms with Gasteiger partial charge in [0.15, 0.2) is 0 Å². The second kappa shape index (κ2) is 2.49. The smallest absolute Gasteiger partial charge is 0.0572 e. The summed E-state index contributed by atoms with van der Waals surface area (Å²) in [6.07, 6.45) is 5.17. The third-order valence-corrected chi connectivity index (χ3v) is 1.77. The molecule has 0 saturated heterocycles. The van der Waals surface area contributed by atoms with Crippen LogP contribution in [0.3, 0.4) is 0 Å².